The average Bonchev–Trinajstić information content (AvgIpc) is 2.17. The largest absolute Gasteiger partial charge is 0.354 e. The molecule has 14 heavy (non-hydrogen) atoms. The maximum atomic E-state index is 11.2. The van der Waals surface area contributed by atoms with Crippen LogP contribution in [0, 0.1) is 12.3 Å². The molecule has 4 nitrogen and oxygen atoms in total. The van der Waals surface area contributed by atoms with E-state index in [1.54, 1.807) is 0 Å². The number of carbonyl (C=O) groups is 1. The number of rotatable bonds is 6. The highest BCUT2D eigenvalue weighted by atomic mass is 32.2. The normalized spacial score (nSPS) is 14.1. The highest BCUT2D eigenvalue weighted by molar-refractivity contribution is 7.84. The van der Waals surface area contributed by atoms with E-state index in [0.29, 0.717) is 18.1 Å². The van der Waals surface area contributed by atoms with Gasteiger partial charge in [-0.2, -0.15) is 0 Å². The Balaban J connectivity index is 3.64. The lowest BCUT2D eigenvalue weighted by atomic mass is 10.2. The molecule has 2 unspecified atom stereocenters. The van der Waals surface area contributed by atoms with Gasteiger partial charge in [0.25, 0.3) is 0 Å². The smallest absolute Gasteiger partial charge is 0.237 e. The number of carbonyl (C=O) groups excluding carboxylic acids is 1. The van der Waals surface area contributed by atoms with Crippen molar-refractivity contribution < 1.29 is 9.00 Å². The Hall–Kier alpha value is -0.860. The Morgan fingerprint density at radius 3 is 2.86 bits per heavy atom. The minimum Gasteiger partial charge on any atom is -0.354 e. The van der Waals surface area contributed by atoms with Gasteiger partial charge in [0.2, 0.25) is 5.91 Å². The number of amides is 1. The Kier molecular flexibility index (Phi) is 7.07. The van der Waals surface area contributed by atoms with Gasteiger partial charge in [-0.05, 0) is 0 Å². The molecular formula is C9H16N2O2S. The number of nitrogens with one attached hydrogen (secondary N) is 1. The van der Waals surface area contributed by atoms with Crippen molar-refractivity contribution in [2.75, 3.05) is 18.1 Å². The van der Waals surface area contributed by atoms with E-state index in [2.05, 4.69) is 11.2 Å². The topological polar surface area (TPSA) is 72.2 Å². The third-order valence-corrected chi connectivity index (χ3v) is 2.93. The van der Waals surface area contributed by atoms with E-state index < -0.39 is 16.8 Å². The molecule has 5 heteroatoms. The first-order chi connectivity index (χ1) is 6.61. The summed E-state index contributed by atoms with van der Waals surface area (Å²) in [6, 6.07) is -0.657. The standard InChI is InChI=1S/C9H16N2O2S/c1-3-5-8(10)9(12)11-6-7-14(13)4-2/h1,8H,4-7,10H2,2H3,(H,11,12). The van der Waals surface area contributed by atoms with Crippen molar-refractivity contribution in [3.63, 3.8) is 0 Å². The summed E-state index contributed by atoms with van der Waals surface area (Å²) >= 11 is 0. The first kappa shape index (κ1) is 13.1. The molecule has 0 saturated heterocycles. The number of terminal acetylenes is 1. The van der Waals surface area contributed by atoms with E-state index in [1.807, 2.05) is 6.92 Å². The first-order valence-corrected chi connectivity index (χ1v) is 5.92. The zero-order valence-electron chi connectivity index (χ0n) is 8.29. The molecule has 0 heterocycles. The van der Waals surface area contributed by atoms with Gasteiger partial charge < -0.3 is 11.1 Å². The summed E-state index contributed by atoms with van der Waals surface area (Å²) < 4.78 is 11.0. The van der Waals surface area contributed by atoms with Gasteiger partial charge in [-0.15, -0.1) is 12.3 Å². The van der Waals surface area contributed by atoms with E-state index >= 15 is 0 Å². The Bertz CT molecular complexity index is 248. The molecule has 0 spiro atoms. The fraction of sp³-hybridized carbons (Fsp3) is 0.667. The molecule has 0 aliphatic carbocycles. The molecule has 2 atom stereocenters. The summed E-state index contributed by atoms with van der Waals surface area (Å²) in [5.74, 6) is 3.10. The van der Waals surface area contributed by atoms with Crippen molar-refractivity contribution in [1.82, 2.24) is 5.32 Å². The Morgan fingerprint density at radius 1 is 1.71 bits per heavy atom. The van der Waals surface area contributed by atoms with Crippen LogP contribution < -0.4 is 11.1 Å². The molecule has 0 aliphatic rings. The summed E-state index contributed by atoms with van der Waals surface area (Å²) in [5, 5.41) is 2.58. The fourth-order valence-corrected chi connectivity index (χ4v) is 1.40. The van der Waals surface area contributed by atoms with Crippen molar-refractivity contribution in [3.05, 3.63) is 0 Å². The molecule has 3 N–H and O–H groups in total. The van der Waals surface area contributed by atoms with Crippen LogP contribution >= 0.6 is 0 Å². The van der Waals surface area contributed by atoms with Crippen molar-refractivity contribution in [1.29, 1.82) is 0 Å². The second-order valence-corrected chi connectivity index (χ2v) is 4.60. The summed E-state index contributed by atoms with van der Waals surface area (Å²) in [4.78, 5) is 11.2. The summed E-state index contributed by atoms with van der Waals surface area (Å²) in [5.41, 5.74) is 5.45. The van der Waals surface area contributed by atoms with Gasteiger partial charge in [0, 0.05) is 35.3 Å². The minimum atomic E-state index is -0.856. The molecule has 0 aromatic carbocycles. The van der Waals surface area contributed by atoms with Crippen LogP contribution in [0.5, 0.6) is 0 Å². The van der Waals surface area contributed by atoms with Crippen LogP contribution in [-0.4, -0.2) is 34.2 Å². The first-order valence-electron chi connectivity index (χ1n) is 4.43. The van der Waals surface area contributed by atoms with Crippen LogP contribution in [-0.2, 0) is 15.6 Å². The van der Waals surface area contributed by atoms with Crippen molar-refractivity contribution in [2.24, 2.45) is 5.73 Å². The van der Waals surface area contributed by atoms with Gasteiger partial charge in [-0.25, -0.2) is 0 Å². The molecule has 0 radical (unpaired) electrons. The summed E-state index contributed by atoms with van der Waals surface area (Å²) in [6.07, 6.45) is 5.23. The van der Waals surface area contributed by atoms with E-state index in [-0.39, 0.29) is 12.3 Å². The molecule has 80 valence electrons. The number of hydrogen-bond acceptors (Lipinski definition) is 3. The zero-order chi connectivity index (χ0) is 11.0. The number of hydrogen-bond donors (Lipinski definition) is 2. The zero-order valence-corrected chi connectivity index (χ0v) is 9.10. The maximum absolute atomic E-state index is 11.2. The lowest BCUT2D eigenvalue weighted by Gasteiger charge is -2.08. The predicted octanol–water partition coefficient (Wildman–Crippen LogP) is -0.778. The third kappa shape index (κ3) is 5.73. The van der Waals surface area contributed by atoms with Crippen LogP contribution in [0.3, 0.4) is 0 Å². The van der Waals surface area contributed by atoms with Gasteiger partial charge in [0.15, 0.2) is 0 Å². The van der Waals surface area contributed by atoms with E-state index in [1.165, 1.54) is 0 Å². The lowest BCUT2D eigenvalue weighted by Crippen LogP contribution is -2.41. The molecule has 1 amide bonds. The lowest BCUT2D eigenvalue weighted by molar-refractivity contribution is -0.122. The van der Waals surface area contributed by atoms with Gasteiger partial charge in [0.1, 0.15) is 0 Å². The monoisotopic (exact) mass is 216 g/mol. The van der Waals surface area contributed by atoms with E-state index in [4.69, 9.17) is 12.2 Å². The molecule has 0 saturated carbocycles. The predicted molar refractivity (Wildman–Crippen MR) is 58.0 cm³/mol. The second kappa shape index (κ2) is 7.54. The number of nitrogens with two attached hydrogens (primary N) is 1. The van der Waals surface area contributed by atoms with Crippen LogP contribution in [0.25, 0.3) is 0 Å². The van der Waals surface area contributed by atoms with Gasteiger partial charge >= 0.3 is 0 Å². The van der Waals surface area contributed by atoms with Crippen LogP contribution in [0.2, 0.25) is 0 Å². The summed E-state index contributed by atoms with van der Waals surface area (Å²) in [6.45, 7) is 2.22. The highest BCUT2D eigenvalue weighted by Crippen LogP contribution is 1.86. The van der Waals surface area contributed by atoms with Crippen LogP contribution in [0.4, 0.5) is 0 Å². The second-order valence-electron chi connectivity index (χ2n) is 2.74. The van der Waals surface area contributed by atoms with E-state index in [9.17, 15) is 9.00 Å². The highest BCUT2D eigenvalue weighted by Gasteiger charge is 2.10. The molecule has 0 aliphatic heterocycles. The summed E-state index contributed by atoms with van der Waals surface area (Å²) in [7, 11) is -0.856. The van der Waals surface area contributed by atoms with Gasteiger partial charge in [-0.1, -0.05) is 6.92 Å². The fourth-order valence-electron chi connectivity index (χ4n) is 0.783. The van der Waals surface area contributed by atoms with Gasteiger partial charge in [-0.3, -0.25) is 9.00 Å². The van der Waals surface area contributed by atoms with Gasteiger partial charge in [0.05, 0.1) is 6.04 Å². The molecule has 0 fully saturated rings. The Labute approximate surface area is 87.1 Å². The van der Waals surface area contributed by atoms with Crippen LogP contribution in [0.15, 0.2) is 0 Å². The molecular weight excluding hydrogens is 200 g/mol. The molecule has 0 bridgehead atoms. The van der Waals surface area contributed by atoms with Crippen LogP contribution in [0.1, 0.15) is 13.3 Å². The molecule has 0 rings (SSSR count). The van der Waals surface area contributed by atoms with Crippen molar-refractivity contribution >= 4 is 16.7 Å². The quantitative estimate of drug-likeness (QED) is 0.572. The Morgan fingerprint density at radius 2 is 2.36 bits per heavy atom. The molecule has 0 aromatic rings. The van der Waals surface area contributed by atoms with Crippen molar-refractivity contribution in [2.45, 2.75) is 19.4 Å². The molecule has 0 aromatic heterocycles. The third-order valence-electron chi connectivity index (χ3n) is 1.63. The van der Waals surface area contributed by atoms with Crippen molar-refractivity contribution in [3.8, 4) is 12.3 Å². The SMILES string of the molecule is C#CCC(N)C(=O)NCCS(=O)CC. The van der Waals surface area contributed by atoms with E-state index in [0.717, 1.165) is 0 Å². The minimum absolute atomic E-state index is 0.225. The maximum Gasteiger partial charge on any atom is 0.237 e. The average molecular weight is 216 g/mol.